The van der Waals surface area contributed by atoms with E-state index in [1.807, 2.05) is 4.68 Å². The Balaban J connectivity index is 2.21. The van der Waals surface area contributed by atoms with Gasteiger partial charge >= 0.3 is 0 Å². The molecule has 1 N–H and O–H groups in total. The smallest absolute Gasteiger partial charge is 0.0624 e. The van der Waals surface area contributed by atoms with E-state index in [9.17, 15) is 5.11 Å². The molecule has 21 heavy (non-hydrogen) atoms. The maximum Gasteiger partial charge on any atom is 0.0624 e. The largest absolute Gasteiger partial charge is 0.393 e. The lowest BCUT2D eigenvalue weighted by Crippen LogP contribution is -2.14. The molecule has 1 aromatic rings. The van der Waals surface area contributed by atoms with E-state index >= 15 is 0 Å². The van der Waals surface area contributed by atoms with Gasteiger partial charge in [-0.25, -0.2) is 0 Å². The topological polar surface area (TPSA) is 38.1 Å². The van der Waals surface area contributed by atoms with Gasteiger partial charge in [0.1, 0.15) is 0 Å². The third kappa shape index (κ3) is 7.12. The zero-order valence-electron chi connectivity index (χ0n) is 14.3. The molecule has 0 aromatic carbocycles. The zero-order chi connectivity index (χ0) is 15.5. The fourth-order valence-electron chi connectivity index (χ4n) is 2.81. The summed E-state index contributed by atoms with van der Waals surface area (Å²) in [5.41, 5.74) is 2.32. The molecule has 1 rings (SSSR count). The number of aliphatic hydroxyl groups excluding tert-OH is 1. The summed E-state index contributed by atoms with van der Waals surface area (Å²) in [4.78, 5) is 0. The lowest BCUT2D eigenvalue weighted by Gasteiger charge is -2.11. The summed E-state index contributed by atoms with van der Waals surface area (Å²) >= 11 is 0. The third-order valence-electron chi connectivity index (χ3n) is 4.16. The molecule has 0 bridgehead atoms. The van der Waals surface area contributed by atoms with E-state index in [2.05, 4.69) is 31.9 Å². The summed E-state index contributed by atoms with van der Waals surface area (Å²) < 4.78 is 2.03. The molecule has 1 aromatic heterocycles. The van der Waals surface area contributed by atoms with Crippen LogP contribution in [0.2, 0.25) is 0 Å². The van der Waals surface area contributed by atoms with Gasteiger partial charge in [0.25, 0.3) is 0 Å². The molecule has 3 heteroatoms. The van der Waals surface area contributed by atoms with Crippen molar-refractivity contribution in [3.63, 3.8) is 0 Å². The van der Waals surface area contributed by atoms with Gasteiger partial charge in [0.05, 0.1) is 11.8 Å². The van der Waals surface area contributed by atoms with Crippen LogP contribution >= 0.6 is 0 Å². The SMILES string of the molecule is CCCCCCCCCC(O)Cc1cc(CC)nn1CC. The van der Waals surface area contributed by atoms with Gasteiger partial charge in [-0.3, -0.25) is 4.68 Å². The number of unbranched alkanes of at least 4 members (excludes halogenated alkanes) is 6. The molecular weight excluding hydrogens is 260 g/mol. The summed E-state index contributed by atoms with van der Waals surface area (Å²) in [5.74, 6) is 0. The molecule has 1 unspecified atom stereocenters. The molecule has 0 saturated heterocycles. The van der Waals surface area contributed by atoms with Gasteiger partial charge in [-0.15, -0.1) is 0 Å². The summed E-state index contributed by atoms with van der Waals surface area (Å²) in [6.45, 7) is 7.38. The number of aryl methyl sites for hydroxylation is 2. The van der Waals surface area contributed by atoms with Crippen LogP contribution in [0.4, 0.5) is 0 Å². The van der Waals surface area contributed by atoms with Gasteiger partial charge in [-0.1, -0.05) is 58.8 Å². The van der Waals surface area contributed by atoms with Gasteiger partial charge < -0.3 is 5.11 Å². The normalized spacial score (nSPS) is 12.8. The van der Waals surface area contributed by atoms with Crippen molar-refractivity contribution in [2.75, 3.05) is 0 Å². The second kappa shape index (κ2) is 10.8. The van der Waals surface area contributed by atoms with Crippen molar-refractivity contribution in [1.82, 2.24) is 9.78 Å². The lowest BCUT2D eigenvalue weighted by atomic mass is 10.0. The maximum atomic E-state index is 10.2. The van der Waals surface area contributed by atoms with Crippen molar-refractivity contribution in [3.05, 3.63) is 17.5 Å². The number of rotatable bonds is 12. The Morgan fingerprint density at radius 1 is 1.05 bits per heavy atom. The maximum absolute atomic E-state index is 10.2. The highest BCUT2D eigenvalue weighted by Gasteiger charge is 2.11. The summed E-state index contributed by atoms with van der Waals surface area (Å²) in [6.07, 6.45) is 11.5. The van der Waals surface area contributed by atoms with Gasteiger partial charge in [0.15, 0.2) is 0 Å². The third-order valence-corrected chi connectivity index (χ3v) is 4.16. The molecule has 0 aliphatic rings. The summed E-state index contributed by atoms with van der Waals surface area (Å²) in [5, 5.41) is 14.7. The highest BCUT2D eigenvalue weighted by molar-refractivity contribution is 5.11. The fraction of sp³-hybridized carbons (Fsp3) is 0.833. The molecule has 1 heterocycles. The minimum Gasteiger partial charge on any atom is -0.393 e. The van der Waals surface area contributed by atoms with E-state index in [1.165, 1.54) is 44.2 Å². The van der Waals surface area contributed by atoms with Gasteiger partial charge in [0, 0.05) is 18.7 Å². The van der Waals surface area contributed by atoms with E-state index in [-0.39, 0.29) is 6.10 Å². The van der Waals surface area contributed by atoms with Crippen molar-refractivity contribution < 1.29 is 5.11 Å². The Hall–Kier alpha value is -0.830. The molecule has 3 nitrogen and oxygen atoms in total. The Labute approximate surface area is 130 Å². The molecular formula is C18H34N2O. The minimum atomic E-state index is -0.215. The van der Waals surface area contributed by atoms with Gasteiger partial charge in [0.2, 0.25) is 0 Å². The van der Waals surface area contributed by atoms with Crippen molar-refractivity contribution in [3.8, 4) is 0 Å². The molecule has 1 atom stereocenters. The molecule has 0 saturated carbocycles. The van der Waals surface area contributed by atoms with Crippen LogP contribution in [0.25, 0.3) is 0 Å². The standard InChI is InChI=1S/C18H34N2O/c1-4-7-8-9-10-11-12-13-18(21)15-17-14-16(5-2)19-20(17)6-3/h14,18,21H,4-13,15H2,1-3H3. The molecule has 0 radical (unpaired) electrons. The van der Waals surface area contributed by atoms with Crippen LogP contribution in [0, 0.1) is 0 Å². The molecule has 0 fully saturated rings. The van der Waals surface area contributed by atoms with Crippen molar-refractivity contribution in [1.29, 1.82) is 0 Å². The second-order valence-electron chi connectivity index (χ2n) is 6.06. The van der Waals surface area contributed by atoms with Gasteiger partial charge in [-0.05, 0) is 25.8 Å². The van der Waals surface area contributed by atoms with Crippen LogP contribution < -0.4 is 0 Å². The van der Waals surface area contributed by atoms with Crippen molar-refractivity contribution in [2.24, 2.45) is 0 Å². The molecule has 0 amide bonds. The number of aromatic nitrogens is 2. The first-order chi connectivity index (χ1) is 10.2. The number of hydrogen-bond acceptors (Lipinski definition) is 2. The summed E-state index contributed by atoms with van der Waals surface area (Å²) in [7, 11) is 0. The molecule has 0 aliphatic carbocycles. The van der Waals surface area contributed by atoms with Crippen LogP contribution in [0.1, 0.15) is 83.5 Å². The van der Waals surface area contributed by atoms with Crippen molar-refractivity contribution in [2.45, 2.75) is 97.6 Å². The van der Waals surface area contributed by atoms with Crippen molar-refractivity contribution >= 4 is 0 Å². The lowest BCUT2D eigenvalue weighted by molar-refractivity contribution is 0.158. The Morgan fingerprint density at radius 2 is 1.71 bits per heavy atom. The van der Waals surface area contributed by atoms with E-state index in [1.54, 1.807) is 0 Å². The van der Waals surface area contributed by atoms with E-state index < -0.39 is 0 Å². The Bertz CT molecular complexity index is 373. The van der Waals surface area contributed by atoms with Crippen LogP contribution in [-0.4, -0.2) is 21.0 Å². The van der Waals surface area contributed by atoms with Crippen LogP contribution in [0.15, 0.2) is 6.07 Å². The van der Waals surface area contributed by atoms with E-state index in [4.69, 9.17) is 0 Å². The quantitative estimate of drug-likeness (QED) is 0.576. The predicted molar refractivity (Wildman–Crippen MR) is 89.6 cm³/mol. The number of hydrogen-bond donors (Lipinski definition) is 1. The highest BCUT2D eigenvalue weighted by Crippen LogP contribution is 2.14. The monoisotopic (exact) mass is 294 g/mol. The van der Waals surface area contributed by atoms with Crippen LogP contribution in [-0.2, 0) is 19.4 Å². The Morgan fingerprint density at radius 3 is 2.33 bits per heavy atom. The first kappa shape index (κ1) is 18.2. The first-order valence-corrected chi connectivity index (χ1v) is 8.94. The van der Waals surface area contributed by atoms with Crippen LogP contribution in [0.5, 0.6) is 0 Å². The fourth-order valence-corrected chi connectivity index (χ4v) is 2.81. The molecule has 0 spiro atoms. The average Bonchev–Trinajstić information content (AvgIpc) is 2.88. The second-order valence-corrected chi connectivity index (χ2v) is 6.06. The first-order valence-electron chi connectivity index (χ1n) is 8.94. The summed E-state index contributed by atoms with van der Waals surface area (Å²) in [6, 6.07) is 2.15. The zero-order valence-corrected chi connectivity index (χ0v) is 14.3. The highest BCUT2D eigenvalue weighted by atomic mass is 16.3. The minimum absolute atomic E-state index is 0.215. The average molecular weight is 294 g/mol. The van der Waals surface area contributed by atoms with E-state index in [0.29, 0.717) is 0 Å². The van der Waals surface area contributed by atoms with Gasteiger partial charge in [-0.2, -0.15) is 5.10 Å². The molecule has 0 aliphatic heterocycles. The number of nitrogens with zero attached hydrogens (tertiary/aromatic N) is 2. The predicted octanol–water partition coefficient (Wildman–Crippen LogP) is 4.51. The molecule has 122 valence electrons. The number of aliphatic hydroxyl groups is 1. The van der Waals surface area contributed by atoms with E-state index in [0.717, 1.165) is 37.9 Å². The Kier molecular flexibility index (Phi) is 9.40. The van der Waals surface area contributed by atoms with Crippen LogP contribution in [0.3, 0.4) is 0 Å².